The van der Waals surface area contributed by atoms with Crippen LogP contribution in [0.3, 0.4) is 0 Å². The maximum atomic E-state index is 11.8. The number of amides is 1. The van der Waals surface area contributed by atoms with Crippen molar-refractivity contribution < 1.29 is 9.53 Å². The van der Waals surface area contributed by atoms with E-state index in [9.17, 15) is 4.79 Å². The second-order valence-electron chi connectivity index (χ2n) is 3.97. The van der Waals surface area contributed by atoms with Crippen LogP contribution in [-0.4, -0.2) is 12.5 Å². The summed E-state index contributed by atoms with van der Waals surface area (Å²) in [7, 11) is 0. The Morgan fingerprint density at radius 3 is 2.85 bits per heavy atom. The normalized spacial score (nSPS) is 10.5. The number of nitrogens with two attached hydrogens (primary N) is 1. The lowest BCUT2D eigenvalue weighted by Gasteiger charge is -2.10. The minimum atomic E-state index is -0.322. The highest BCUT2D eigenvalue weighted by molar-refractivity contribution is 7.09. The summed E-state index contributed by atoms with van der Waals surface area (Å²) in [6.45, 7) is 0.325. The molecule has 7 heteroatoms. The average molecular weight is 331 g/mol. The lowest BCUT2D eigenvalue weighted by atomic mass is 10.2. The molecule has 0 unspecified atom stereocenters. The van der Waals surface area contributed by atoms with E-state index in [4.69, 9.17) is 33.7 Å². The molecule has 1 aromatic carbocycles. The SMILES string of the molecule is Nc1cc(Cl)cc(Cl)c1NC(=O)COCc1cccs1. The van der Waals surface area contributed by atoms with Crippen molar-refractivity contribution in [3.05, 3.63) is 44.6 Å². The van der Waals surface area contributed by atoms with E-state index in [-0.39, 0.29) is 12.5 Å². The average Bonchev–Trinajstić information content (AvgIpc) is 2.87. The fourth-order valence-corrected chi connectivity index (χ4v) is 2.74. The van der Waals surface area contributed by atoms with Gasteiger partial charge in [0.25, 0.3) is 0 Å². The van der Waals surface area contributed by atoms with Crippen LogP contribution >= 0.6 is 34.5 Å². The minimum absolute atomic E-state index is 0.0731. The lowest BCUT2D eigenvalue weighted by molar-refractivity contribution is -0.120. The van der Waals surface area contributed by atoms with E-state index in [0.29, 0.717) is 28.0 Å². The zero-order valence-electron chi connectivity index (χ0n) is 10.4. The van der Waals surface area contributed by atoms with Crippen molar-refractivity contribution in [1.82, 2.24) is 0 Å². The summed E-state index contributed by atoms with van der Waals surface area (Å²) in [4.78, 5) is 12.8. The smallest absolute Gasteiger partial charge is 0.250 e. The van der Waals surface area contributed by atoms with Crippen LogP contribution in [0, 0.1) is 0 Å². The predicted molar refractivity (Wildman–Crippen MR) is 83.5 cm³/mol. The van der Waals surface area contributed by atoms with E-state index in [0.717, 1.165) is 4.88 Å². The number of carbonyl (C=O) groups excluding carboxylic acids is 1. The van der Waals surface area contributed by atoms with Gasteiger partial charge >= 0.3 is 0 Å². The van der Waals surface area contributed by atoms with Crippen LogP contribution in [0.25, 0.3) is 0 Å². The molecule has 1 amide bonds. The Bertz CT molecular complexity index is 579. The zero-order chi connectivity index (χ0) is 14.5. The largest absolute Gasteiger partial charge is 0.397 e. The van der Waals surface area contributed by atoms with Gasteiger partial charge in [-0.05, 0) is 23.6 Å². The van der Waals surface area contributed by atoms with E-state index in [1.807, 2.05) is 17.5 Å². The van der Waals surface area contributed by atoms with E-state index in [2.05, 4.69) is 5.32 Å². The molecule has 0 bridgehead atoms. The molecule has 1 aromatic heterocycles. The molecule has 4 nitrogen and oxygen atoms in total. The summed E-state index contributed by atoms with van der Waals surface area (Å²) in [5.74, 6) is -0.322. The first-order valence-electron chi connectivity index (χ1n) is 5.71. The number of nitrogens with one attached hydrogen (secondary N) is 1. The number of benzene rings is 1. The summed E-state index contributed by atoms with van der Waals surface area (Å²) >= 11 is 13.3. The van der Waals surface area contributed by atoms with Gasteiger partial charge in [-0.15, -0.1) is 11.3 Å². The maximum absolute atomic E-state index is 11.8. The third-order valence-electron chi connectivity index (χ3n) is 2.41. The van der Waals surface area contributed by atoms with E-state index in [1.54, 1.807) is 11.3 Å². The molecule has 0 radical (unpaired) electrons. The predicted octanol–water partition coefficient (Wildman–Crippen LogP) is 3.79. The number of ether oxygens (including phenoxy) is 1. The van der Waals surface area contributed by atoms with Crippen molar-refractivity contribution >= 4 is 51.8 Å². The van der Waals surface area contributed by atoms with Gasteiger partial charge in [-0.1, -0.05) is 29.3 Å². The molecule has 3 N–H and O–H groups in total. The topological polar surface area (TPSA) is 64.3 Å². The van der Waals surface area contributed by atoms with Crippen LogP contribution in [-0.2, 0) is 16.1 Å². The summed E-state index contributed by atoms with van der Waals surface area (Å²) in [6, 6.07) is 6.91. The summed E-state index contributed by atoms with van der Waals surface area (Å²) < 4.78 is 5.30. The third kappa shape index (κ3) is 4.11. The molecule has 0 aliphatic rings. The Morgan fingerprint density at radius 2 is 2.20 bits per heavy atom. The molecular formula is C13H12Cl2N2O2S. The highest BCUT2D eigenvalue weighted by Crippen LogP contribution is 2.31. The van der Waals surface area contributed by atoms with Gasteiger partial charge in [-0.3, -0.25) is 4.79 Å². The second kappa shape index (κ2) is 6.95. The highest BCUT2D eigenvalue weighted by Gasteiger charge is 2.10. The van der Waals surface area contributed by atoms with Crippen molar-refractivity contribution in [1.29, 1.82) is 0 Å². The zero-order valence-corrected chi connectivity index (χ0v) is 12.7. The monoisotopic (exact) mass is 330 g/mol. The summed E-state index contributed by atoms with van der Waals surface area (Å²) in [6.07, 6.45) is 0. The number of hydrogen-bond donors (Lipinski definition) is 2. The van der Waals surface area contributed by atoms with Gasteiger partial charge < -0.3 is 15.8 Å². The van der Waals surface area contributed by atoms with Crippen molar-refractivity contribution in [2.75, 3.05) is 17.7 Å². The van der Waals surface area contributed by atoms with Crippen LogP contribution < -0.4 is 11.1 Å². The number of nitrogen functional groups attached to an aromatic ring is 1. The molecule has 0 spiro atoms. The van der Waals surface area contributed by atoms with Crippen LogP contribution in [0.4, 0.5) is 11.4 Å². The maximum Gasteiger partial charge on any atom is 0.250 e. The lowest BCUT2D eigenvalue weighted by Crippen LogP contribution is -2.19. The number of halogens is 2. The number of thiophene rings is 1. The van der Waals surface area contributed by atoms with Gasteiger partial charge in [0.15, 0.2) is 0 Å². The highest BCUT2D eigenvalue weighted by atomic mass is 35.5. The van der Waals surface area contributed by atoms with Crippen molar-refractivity contribution in [2.24, 2.45) is 0 Å². The number of anilines is 2. The van der Waals surface area contributed by atoms with E-state index in [1.165, 1.54) is 12.1 Å². The fraction of sp³-hybridized carbons (Fsp3) is 0.154. The van der Waals surface area contributed by atoms with Crippen molar-refractivity contribution in [3.8, 4) is 0 Å². The Kier molecular flexibility index (Phi) is 5.25. The molecule has 0 fully saturated rings. The first-order valence-corrected chi connectivity index (χ1v) is 7.34. The Hall–Kier alpha value is -1.27. The summed E-state index contributed by atoms with van der Waals surface area (Å²) in [5.41, 5.74) is 6.42. The summed E-state index contributed by atoms with van der Waals surface area (Å²) in [5, 5.41) is 5.27. The molecule has 2 rings (SSSR count). The standard InChI is InChI=1S/C13H12Cl2N2O2S/c14-8-4-10(15)13(11(16)5-8)17-12(18)7-19-6-9-2-1-3-20-9/h1-5H,6-7,16H2,(H,17,18). The molecule has 0 atom stereocenters. The van der Waals surface area contributed by atoms with Gasteiger partial charge in [0, 0.05) is 9.90 Å². The van der Waals surface area contributed by atoms with Crippen molar-refractivity contribution in [2.45, 2.75) is 6.61 Å². The van der Waals surface area contributed by atoms with Gasteiger partial charge in [-0.25, -0.2) is 0 Å². The van der Waals surface area contributed by atoms with E-state index < -0.39 is 0 Å². The number of rotatable bonds is 5. The molecule has 0 aliphatic heterocycles. The van der Waals surface area contributed by atoms with Gasteiger partial charge in [0.1, 0.15) is 6.61 Å². The molecule has 20 heavy (non-hydrogen) atoms. The molecule has 2 aromatic rings. The first-order chi connectivity index (χ1) is 9.56. The van der Waals surface area contributed by atoms with Gasteiger partial charge in [0.05, 0.1) is 23.0 Å². The van der Waals surface area contributed by atoms with Crippen LogP contribution in [0.5, 0.6) is 0 Å². The molecule has 0 saturated heterocycles. The van der Waals surface area contributed by atoms with Crippen LogP contribution in [0.1, 0.15) is 4.88 Å². The molecule has 1 heterocycles. The van der Waals surface area contributed by atoms with E-state index >= 15 is 0 Å². The quantitative estimate of drug-likeness (QED) is 0.819. The second-order valence-corrected chi connectivity index (χ2v) is 5.85. The molecule has 0 saturated carbocycles. The van der Waals surface area contributed by atoms with Crippen LogP contribution in [0.15, 0.2) is 29.6 Å². The minimum Gasteiger partial charge on any atom is -0.397 e. The van der Waals surface area contributed by atoms with Crippen LogP contribution in [0.2, 0.25) is 10.0 Å². The molecular weight excluding hydrogens is 319 g/mol. The Labute approximate surface area is 130 Å². The van der Waals surface area contributed by atoms with Crippen molar-refractivity contribution in [3.63, 3.8) is 0 Å². The van der Waals surface area contributed by atoms with Gasteiger partial charge in [0.2, 0.25) is 5.91 Å². The van der Waals surface area contributed by atoms with Gasteiger partial charge in [-0.2, -0.15) is 0 Å². The third-order valence-corrected chi connectivity index (χ3v) is 3.77. The number of hydrogen-bond acceptors (Lipinski definition) is 4. The first kappa shape index (κ1) is 15.1. The molecule has 0 aliphatic carbocycles. The fourth-order valence-electron chi connectivity index (χ4n) is 1.54. The Balaban J connectivity index is 1.88. The molecule has 106 valence electrons. The Morgan fingerprint density at radius 1 is 1.40 bits per heavy atom. The number of carbonyl (C=O) groups is 1.